The molecule has 0 bridgehead atoms. The minimum absolute atomic E-state index is 0.263. The second-order valence-electron chi connectivity index (χ2n) is 5.78. The van der Waals surface area contributed by atoms with Gasteiger partial charge >= 0.3 is 0 Å². The second-order valence-corrected chi connectivity index (χ2v) is 6.16. The first-order valence-corrected chi connectivity index (χ1v) is 8.51. The number of ether oxygens (including phenoxy) is 1. The summed E-state index contributed by atoms with van der Waals surface area (Å²) >= 11 is 6.50. The molecule has 0 atom stereocenters. The zero-order valence-electron chi connectivity index (χ0n) is 14.0. The van der Waals surface area contributed by atoms with Crippen LogP contribution in [-0.2, 0) is 11.2 Å². The van der Waals surface area contributed by atoms with E-state index < -0.39 is 0 Å². The lowest BCUT2D eigenvalue weighted by molar-refractivity contribution is -0.117. The highest BCUT2D eigenvalue weighted by Gasteiger charge is 2.20. The van der Waals surface area contributed by atoms with Gasteiger partial charge < -0.3 is 4.74 Å². The van der Waals surface area contributed by atoms with E-state index in [0.29, 0.717) is 17.0 Å². The maximum absolute atomic E-state index is 12.5. The molecule has 1 aliphatic rings. The molecule has 128 valence electrons. The summed E-state index contributed by atoms with van der Waals surface area (Å²) in [6.45, 7) is 0. The number of fused-ring (bicyclic) bond motifs is 1. The Kier molecular flexibility index (Phi) is 5.51. The Morgan fingerprint density at radius 2 is 2.04 bits per heavy atom. The Balaban J connectivity index is 1.75. The van der Waals surface area contributed by atoms with Gasteiger partial charge in [0.25, 0.3) is 5.91 Å². The van der Waals surface area contributed by atoms with Crippen LogP contribution in [0.5, 0.6) is 5.75 Å². The number of methoxy groups -OCH3 is 1. The van der Waals surface area contributed by atoms with Crippen LogP contribution in [-0.4, -0.2) is 19.2 Å². The predicted molar refractivity (Wildman–Crippen MR) is 101 cm³/mol. The molecule has 2 aromatic carbocycles. The van der Waals surface area contributed by atoms with Gasteiger partial charge in [0.05, 0.1) is 18.4 Å². The van der Waals surface area contributed by atoms with Crippen LogP contribution in [0.1, 0.15) is 29.5 Å². The maximum Gasteiger partial charge on any atom is 0.268 e. The zero-order valence-corrected chi connectivity index (χ0v) is 14.7. The smallest absolute Gasteiger partial charge is 0.268 e. The highest BCUT2D eigenvalue weighted by atomic mass is 35.5. The van der Waals surface area contributed by atoms with Crippen LogP contribution >= 0.6 is 11.6 Å². The van der Waals surface area contributed by atoms with E-state index in [1.54, 1.807) is 13.3 Å². The van der Waals surface area contributed by atoms with Crippen LogP contribution in [0.3, 0.4) is 0 Å². The lowest BCUT2D eigenvalue weighted by atomic mass is 10.0. The molecule has 0 fully saturated rings. The number of rotatable bonds is 4. The monoisotopic (exact) mass is 354 g/mol. The molecule has 1 aliphatic carbocycles. The van der Waals surface area contributed by atoms with E-state index in [0.717, 1.165) is 29.7 Å². The van der Waals surface area contributed by atoms with Crippen LogP contribution < -0.4 is 10.2 Å². The van der Waals surface area contributed by atoms with Crippen LogP contribution in [0.2, 0.25) is 0 Å². The third kappa shape index (κ3) is 4.09. The molecule has 3 rings (SSSR count). The Morgan fingerprint density at radius 1 is 1.20 bits per heavy atom. The van der Waals surface area contributed by atoms with Gasteiger partial charge in [-0.25, -0.2) is 5.43 Å². The average Bonchev–Trinajstić information content (AvgIpc) is 2.81. The van der Waals surface area contributed by atoms with Crippen molar-refractivity contribution in [3.05, 3.63) is 70.8 Å². The number of nitrogens with one attached hydrogen (secondary N) is 1. The van der Waals surface area contributed by atoms with Crippen molar-refractivity contribution in [2.45, 2.75) is 19.3 Å². The van der Waals surface area contributed by atoms with Crippen LogP contribution in [0.4, 0.5) is 0 Å². The van der Waals surface area contributed by atoms with Crippen molar-refractivity contribution in [1.29, 1.82) is 0 Å². The fourth-order valence-corrected chi connectivity index (χ4v) is 3.21. The van der Waals surface area contributed by atoms with Crippen LogP contribution in [0, 0.1) is 0 Å². The second kappa shape index (κ2) is 7.99. The first-order valence-electron chi connectivity index (χ1n) is 8.13. The van der Waals surface area contributed by atoms with Crippen molar-refractivity contribution < 1.29 is 9.53 Å². The number of carbonyl (C=O) groups excluding carboxylic acids is 1. The van der Waals surface area contributed by atoms with E-state index in [1.807, 2.05) is 42.5 Å². The predicted octanol–water partition coefficient (Wildman–Crippen LogP) is 4.13. The third-order valence-corrected chi connectivity index (χ3v) is 4.57. The lowest BCUT2D eigenvalue weighted by Gasteiger charge is -2.07. The molecule has 0 heterocycles. The van der Waals surface area contributed by atoms with Gasteiger partial charge in [-0.15, -0.1) is 0 Å². The van der Waals surface area contributed by atoms with Gasteiger partial charge in [0.2, 0.25) is 0 Å². The number of halogens is 1. The molecule has 0 spiro atoms. The summed E-state index contributed by atoms with van der Waals surface area (Å²) in [7, 11) is 1.61. The first-order chi connectivity index (χ1) is 12.2. The molecule has 5 heteroatoms. The minimum Gasteiger partial charge on any atom is -0.497 e. The molecule has 0 unspecified atom stereocenters. The molecular formula is C20H19ClN2O2. The van der Waals surface area contributed by atoms with Crippen molar-refractivity contribution in [1.82, 2.24) is 5.43 Å². The number of amides is 1. The molecular weight excluding hydrogens is 336 g/mol. The fraction of sp³-hybridized carbons (Fsp3) is 0.200. The summed E-state index contributed by atoms with van der Waals surface area (Å²) in [6.07, 6.45) is 4.01. The van der Waals surface area contributed by atoms with Gasteiger partial charge in [0.15, 0.2) is 0 Å². The molecule has 0 aromatic heterocycles. The Hall–Kier alpha value is -2.59. The van der Waals surface area contributed by atoms with Gasteiger partial charge in [-0.2, -0.15) is 5.10 Å². The highest BCUT2D eigenvalue weighted by molar-refractivity contribution is 6.51. The molecule has 0 saturated heterocycles. The number of aryl methyl sites for hydroxylation is 1. The quantitative estimate of drug-likeness (QED) is 0.663. The van der Waals surface area contributed by atoms with Crippen molar-refractivity contribution in [3.63, 3.8) is 0 Å². The number of hydrogen-bond acceptors (Lipinski definition) is 3. The fourth-order valence-electron chi connectivity index (χ4n) is 2.85. The molecule has 4 nitrogen and oxygen atoms in total. The summed E-state index contributed by atoms with van der Waals surface area (Å²) in [4.78, 5) is 12.5. The standard InChI is InChI=1S/C20H19ClN2O2/c1-25-16-9-4-6-14(12-16)13-22-23-20(24)18-11-5-8-15-7-2-3-10-17(15)19(18)21/h2-4,6-7,9-10,12-13H,5,8,11H2,1H3,(H,23,24)/b22-13+. The van der Waals surface area contributed by atoms with Crippen molar-refractivity contribution in [2.75, 3.05) is 7.11 Å². The van der Waals surface area contributed by atoms with Gasteiger partial charge in [0.1, 0.15) is 5.75 Å². The molecule has 0 saturated carbocycles. The molecule has 0 radical (unpaired) electrons. The Labute approximate surface area is 152 Å². The highest BCUT2D eigenvalue weighted by Crippen LogP contribution is 2.32. The zero-order chi connectivity index (χ0) is 17.6. The summed E-state index contributed by atoms with van der Waals surface area (Å²) in [5.41, 5.74) is 6.10. The minimum atomic E-state index is -0.263. The number of nitrogens with zero attached hydrogens (tertiary/aromatic N) is 1. The van der Waals surface area contributed by atoms with Crippen LogP contribution in [0.25, 0.3) is 5.03 Å². The summed E-state index contributed by atoms with van der Waals surface area (Å²) in [6, 6.07) is 15.4. The van der Waals surface area contributed by atoms with E-state index in [1.165, 1.54) is 5.56 Å². The van der Waals surface area contributed by atoms with Crippen molar-refractivity contribution in [2.24, 2.45) is 5.10 Å². The molecule has 1 amide bonds. The van der Waals surface area contributed by atoms with Gasteiger partial charge in [-0.3, -0.25) is 4.79 Å². The first kappa shape index (κ1) is 17.2. The SMILES string of the molecule is COc1cccc(/C=N/NC(=O)C2=C(Cl)c3ccccc3CCC2)c1. The van der Waals surface area contributed by atoms with Crippen molar-refractivity contribution >= 4 is 28.8 Å². The Morgan fingerprint density at radius 3 is 2.88 bits per heavy atom. The topological polar surface area (TPSA) is 50.7 Å². The molecule has 2 aromatic rings. The number of hydrazone groups is 1. The van der Waals surface area contributed by atoms with Gasteiger partial charge in [-0.1, -0.05) is 48.0 Å². The number of hydrogen-bond donors (Lipinski definition) is 1. The van der Waals surface area contributed by atoms with Gasteiger partial charge in [-0.05, 0) is 48.1 Å². The van der Waals surface area contributed by atoms with Gasteiger partial charge in [0, 0.05) is 5.57 Å². The largest absolute Gasteiger partial charge is 0.497 e. The van der Waals surface area contributed by atoms with E-state index in [2.05, 4.69) is 16.6 Å². The van der Waals surface area contributed by atoms with Crippen LogP contribution in [0.15, 0.2) is 59.2 Å². The number of benzene rings is 2. The Bertz CT molecular complexity index is 843. The molecule has 1 N–H and O–H groups in total. The summed E-state index contributed by atoms with van der Waals surface area (Å²) in [5, 5.41) is 4.56. The van der Waals surface area contributed by atoms with E-state index in [-0.39, 0.29) is 5.91 Å². The molecule has 25 heavy (non-hydrogen) atoms. The summed E-state index contributed by atoms with van der Waals surface area (Å²) < 4.78 is 5.16. The summed E-state index contributed by atoms with van der Waals surface area (Å²) in [5.74, 6) is 0.474. The van der Waals surface area contributed by atoms with Crippen molar-refractivity contribution in [3.8, 4) is 5.75 Å². The average molecular weight is 355 g/mol. The van der Waals surface area contributed by atoms with E-state index >= 15 is 0 Å². The third-order valence-electron chi connectivity index (χ3n) is 4.14. The lowest BCUT2D eigenvalue weighted by Crippen LogP contribution is -2.20. The van der Waals surface area contributed by atoms with E-state index in [9.17, 15) is 4.79 Å². The van der Waals surface area contributed by atoms with E-state index in [4.69, 9.17) is 16.3 Å². The molecule has 0 aliphatic heterocycles. The normalized spacial score (nSPS) is 14.2. The number of carbonyl (C=O) groups is 1. The maximum atomic E-state index is 12.5.